The van der Waals surface area contributed by atoms with Crippen LogP contribution in [0.15, 0.2) is 84.4 Å². The first kappa shape index (κ1) is 27.6. The number of aromatic nitrogens is 3. The third-order valence-corrected chi connectivity index (χ3v) is 7.92. The van der Waals surface area contributed by atoms with Gasteiger partial charge in [-0.3, -0.25) is 9.36 Å². The smallest absolute Gasteiger partial charge is 0.338 e. The molecular weight excluding hydrogens is 548 g/mol. The fourth-order valence-corrected chi connectivity index (χ4v) is 6.17. The monoisotopic (exact) mass is 576 g/mol. The van der Waals surface area contributed by atoms with Gasteiger partial charge in [0.25, 0.3) is 5.56 Å². The van der Waals surface area contributed by atoms with Crippen molar-refractivity contribution in [1.82, 2.24) is 14.5 Å². The second-order valence-corrected chi connectivity index (χ2v) is 10.9. The molecule has 4 aromatic rings. The normalized spacial score (nSPS) is 15.1. The van der Waals surface area contributed by atoms with Crippen LogP contribution >= 0.6 is 23.1 Å². The summed E-state index contributed by atoms with van der Waals surface area (Å²) in [5.74, 6) is 0.648. The van der Waals surface area contributed by atoms with Crippen LogP contribution in [0.2, 0.25) is 0 Å². The van der Waals surface area contributed by atoms with Crippen molar-refractivity contribution >= 4 is 35.1 Å². The number of carbonyl (C=O) groups excluding carboxylic acids is 1. The maximum Gasteiger partial charge on any atom is 0.338 e. The molecule has 0 spiro atoms. The van der Waals surface area contributed by atoms with Crippen LogP contribution in [-0.2, 0) is 9.53 Å². The van der Waals surface area contributed by atoms with Crippen molar-refractivity contribution in [1.29, 1.82) is 0 Å². The molecule has 4 heterocycles. The third-order valence-electron chi connectivity index (χ3n) is 6.14. The Morgan fingerprint density at radius 1 is 1.23 bits per heavy atom. The number of furan rings is 1. The topological polar surface area (TPSA) is 109 Å². The zero-order valence-corrected chi connectivity index (χ0v) is 24.2. The van der Waals surface area contributed by atoms with E-state index in [4.69, 9.17) is 18.9 Å². The number of fused-ring (bicyclic) bond motifs is 1. The molecule has 1 aliphatic rings. The standard InChI is InChI=1S/C29H28N4O5S2/c1-5-8-21-24(27(35)37-6-2)25(18-9-7-10-19(15-18)36-4)33-26(34)22(39-29(33)32-21)16-20-11-12-23(38-20)40-28-30-14-13-17(3)31-28/h7,9-16,25H,5-6,8H2,1-4H3/b22-16+/t25-/m1/s1. The summed E-state index contributed by atoms with van der Waals surface area (Å²) in [6.45, 7) is 5.89. The van der Waals surface area contributed by atoms with E-state index >= 15 is 0 Å². The summed E-state index contributed by atoms with van der Waals surface area (Å²) in [6.07, 6.45) is 4.74. The van der Waals surface area contributed by atoms with Crippen LogP contribution in [0.4, 0.5) is 0 Å². The third kappa shape index (κ3) is 5.66. The Kier molecular flexibility index (Phi) is 8.32. The lowest BCUT2D eigenvalue weighted by Gasteiger charge is -2.26. The van der Waals surface area contributed by atoms with Gasteiger partial charge in [-0.2, -0.15) is 0 Å². The van der Waals surface area contributed by atoms with E-state index in [9.17, 15) is 9.59 Å². The van der Waals surface area contributed by atoms with E-state index in [1.165, 1.54) is 23.1 Å². The van der Waals surface area contributed by atoms with Crippen LogP contribution in [0.1, 0.15) is 49.7 Å². The van der Waals surface area contributed by atoms with Gasteiger partial charge in [0.2, 0.25) is 0 Å². The lowest BCUT2D eigenvalue weighted by Crippen LogP contribution is -2.40. The van der Waals surface area contributed by atoms with Gasteiger partial charge in [0.15, 0.2) is 15.1 Å². The van der Waals surface area contributed by atoms with Gasteiger partial charge >= 0.3 is 5.97 Å². The van der Waals surface area contributed by atoms with Crippen molar-refractivity contribution in [3.8, 4) is 5.75 Å². The van der Waals surface area contributed by atoms with Gasteiger partial charge in [-0.25, -0.2) is 19.8 Å². The number of nitrogens with zero attached hydrogens (tertiary/aromatic N) is 4. The lowest BCUT2D eigenvalue weighted by molar-refractivity contribution is -0.139. The van der Waals surface area contributed by atoms with Crippen molar-refractivity contribution in [3.05, 3.63) is 96.6 Å². The minimum atomic E-state index is -0.713. The Balaban J connectivity index is 1.62. The van der Waals surface area contributed by atoms with Gasteiger partial charge in [-0.15, -0.1) is 0 Å². The number of benzene rings is 1. The first-order chi connectivity index (χ1) is 19.4. The van der Waals surface area contributed by atoms with Crippen LogP contribution in [0.25, 0.3) is 6.08 Å². The molecule has 0 bridgehead atoms. The number of thiazole rings is 1. The van der Waals surface area contributed by atoms with Crippen molar-refractivity contribution in [2.45, 2.75) is 49.9 Å². The van der Waals surface area contributed by atoms with Crippen molar-refractivity contribution in [2.24, 2.45) is 4.99 Å². The second-order valence-electron chi connectivity index (χ2n) is 8.93. The fourth-order valence-electron chi connectivity index (χ4n) is 4.41. The van der Waals surface area contributed by atoms with E-state index in [1.807, 2.05) is 50.2 Å². The van der Waals surface area contributed by atoms with E-state index in [-0.39, 0.29) is 12.2 Å². The molecule has 0 amide bonds. The van der Waals surface area contributed by atoms with Crippen LogP contribution < -0.4 is 19.6 Å². The van der Waals surface area contributed by atoms with Crippen molar-refractivity contribution in [3.63, 3.8) is 0 Å². The van der Waals surface area contributed by atoms with E-state index in [0.717, 1.165) is 17.7 Å². The number of allylic oxidation sites excluding steroid dienone is 1. The molecule has 206 valence electrons. The van der Waals surface area contributed by atoms with E-state index in [1.54, 1.807) is 36.9 Å². The maximum absolute atomic E-state index is 13.9. The highest BCUT2D eigenvalue weighted by Crippen LogP contribution is 2.34. The average molecular weight is 577 g/mol. The minimum absolute atomic E-state index is 0.212. The average Bonchev–Trinajstić information content (AvgIpc) is 3.51. The van der Waals surface area contributed by atoms with E-state index < -0.39 is 12.0 Å². The number of rotatable bonds is 9. The first-order valence-corrected chi connectivity index (χ1v) is 14.5. The fraction of sp³-hybridized carbons (Fsp3) is 0.276. The molecule has 9 nitrogen and oxygen atoms in total. The Bertz CT molecular complexity index is 1770. The minimum Gasteiger partial charge on any atom is -0.497 e. The molecule has 0 N–H and O–H groups in total. The summed E-state index contributed by atoms with van der Waals surface area (Å²) < 4.78 is 18.9. The van der Waals surface area contributed by atoms with Crippen LogP contribution in [0.3, 0.4) is 0 Å². The Morgan fingerprint density at radius 3 is 2.83 bits per heavy atom. The van der Waals surface area contributed by atoms with Gasteiger partial charge in [-0.05, 0) is 67.9 Å². The van der Waals surface area contributed by atoms with Crippen LogP contribution in [0, 0.1) is 6.92 Å². The summed E-state index contributed by atoms with van der Waals surface area (Å²) in [6, 6.07) is 12.1. The number of carbonyl (C=O) groups is 1. The number of methoxy groups -OCH3 is 1. The molecule has 1 aliphatic heterocycles. The molecule has 0 saturated carbocycles. The maximum atomic E-state index is 13.9. The zero-order valence-electron chi connectivity index (χ0n) is 22.5. The quantitative estimate of drug-likeness (QED) is 0.213. The molecule has 0 aliphatic carbocycles. The molecule has 1 aromatic carbocycles. The summed E-state index contributed by atoms with van der Waals surface area (Å²) in [5, 5.41) is 1.18. The van der Waals surface area contributed by atoms with Gasteiger partial charge in [0, 0.05) is 18.0 Å². The molecule has 1 atom stereocenters. The number of ether oxygens (including phenoxy) is 2. The predicted octanol–water partition coefficient (Wildman–Crippen LogP) is 4.43. The highest BCUT2D eigenvalue weighted by atomic mass is 32.2. The largest absolute Gasteiger partial charge is 0.497 e. The zero-order chi connectivity index (χ0) is 28.2. The van der Waals surface area contributed by atoms with E-state index in [2.05, 4.69) is 9.97 Å². The lowest BCUT2D eigenvalue weighted by atomic mass is 9.94. The highest BCUT2D eigenvalue weighted by Gasteiger charge is 2.34. The molecule has 40 heavy (non-hydrogen) atoms. The number of hydrogen-bond acceptors (Lipinski definition) is 10. The molecule has 0 fully saturated rings. The molecule has 0 unspecified atom stereocenters. The Hall–Kier alpha value is -3.96. The van der Waals surface area contributed by atoms with Gasteiger partial charge in [-0.1, -0.05) is 36.8 Å². The summed E-state index contributed by atoms with van der Waals surface area (Å²) >= 11 is 2.56. The first-order valence-electron chi connectivity index (χ1n) is 12.8. The number of esters is 1. The van der Waals surface area contributed by atoms with Gasteiger partial charge < -0.3 is 13.9 Å². The number of hydrogen-bond donors (Lipinski definition) is 0. The molecule has 3 aromatic heterocycles. The summed E-state index contributed by atoms with van der Waals surface area (Å²) in [4.78, 5) is 41.1. The number of aryl methyl sites for hydroxylation is 1. The van der Waals surface area contributed by atoms with Crippen LogP contribution in [-0.4, -0.2) is 34.2 Å². The molecule has 11 heteroatoms. The molecule has 0 radical (unpaired) electrons. The van der Waals surface area contributed by atoms with E-state index in [0.29, 0.717) is 48.8 Å². The molecule has 0 saturated heterocycles. The molecule has 5 rings (SSSR count). The predicted molar refractivity (Wildman–Crippen MR) is 152 cm³/mol. The van der Waals surface area contributed by atoms with Crippen LogP contribution in [0.5, 0.6) is 5.75 Å². The summed E-state index contributed by atoms with van der Waals surface area (Å²) in [7, 11) is 1.58. The van der Waals surface area contributed by atoms with Crippen molar-refractivity contribution < 1.29 is 18.7 Å². The Morgan fingerprint density at radius 2 is 2.08 bits per heavy atom. The molecular formula is C29H28N4O5S2. The Labute approximate surface area is 238 Å². The SMILES string of the molecule is CCCC1=C(C(=O)OCC)[C@@H](c2cccc(OC)c2)n2c(s/c(=C/c3ccc(Sc4nccc(C)n4)o3)c2=O)=N1. The second kappa shape index (κ2) is 12.1. The summed E-state index contributed by atoms with van der Waals surface area (Å²) in [5.41, 5.74) is 2.30. The van der Waals surface area contributed by atoms with Gasteiger partial charge in [0.1, 0.15) is 11.5 Å². The van der Waals surface area contributed by atoms with Crippen molar-refractivity contribution in [2.75, 3.05) is 13.7 Å². The van der Waals surface area contributed by atoms with Gasteiger partial charge in [0.05, 0.1) is 35.6 Å². The highest BCUT2D eigenvalue weighted by molar-refractivity contribution is 7.99.